The third kappa shape index (κ3) is 5.85. The number of benzene rings is 2. The Morgan fingerprint density at radius 3 is 2.52 bits per heavy atom. The summed E-state index contributed by atoms with van der Waals surface area (Å²) in [5.41, 5.74) is 2.72. The van der Waals surface area contributed by atoms with Gasteiger partial charge in [-0.25, -0.2) is 13.6 Å². The number of primary sulfonamides is 1. The van der Waals surface area contributed by atoms with E-state index in [0.29, 0.717) is 12.2 Å². The minimum atomic E-state index is -3.68. The maximum Gasteiger partial charge on any atom is 0.238 e. The van der Waals surface area contributed by atoms with E-state index in [9.17, 15) is 8.42 Å². The summed E-state index contributed by atoms with van der Waals surface area (Å²) in [6.45, 7) is 7.12. The molecule has 1 unspecified atom stereocenters. The van der Waals surface area contributed by atoms with Gasteiger partial charge in [0.05, 0.1) is 4.90 Å². The topological polar surface area (TPSA) is 81.4 Å². The van der Waals surface area contributed by atoms with E-state index in [2.05, 4.69) is 12.2 Å². The zero-order valence-corrected chi connectivity index (χ0v) is 15.8. The Hall–Kier alpha value is -1.89. The fourth-order valence-corrected chi connectivity index (χ4v) is 3.39. The van der Waals surface area contributed by atoms with Gasteiger partial charge in [0.2, 0.25) is 10.0 Å². The first-order valence-corrected chi connectivity index (χ1v) is 9.86. The molecule has 0 aromatic heterocycles. The third-order valence-electron chi connectivity index (χ3n) is 4.05. The van der Waals surface area contributed by atoms with Crippen molar-refractivity contribution in [2.45, 2.75) is 38.1 Å². The van der Waals surface area contributed by atoms with E-state index in [4.69, 9.17) is 9.88 Å². The molecule has 0 aliphatic carbocycles. The largest absolute Gasteiger partial charge is 0.492 e. The number of hydrogen-bond donors (Lipinski definition) is 2. The number of aryl methyl sites for hydroxylation is 2. The SMILES string of the molecule is Cc1ccccc1OCC(C)NCCc1ccc(C)c(S(N)(=O)=O)c1. The predicted octanol–water partition coefficient (Wildman–Crippen LogP) is 2.55. The molecular weight excluding hydrogens is 336 g/mol. The van der Waals surface area contributed by atoms with Gasteiger partial charge in [0.15, 0.2) is 0 Å². The molecule has 0 fully saturated rings. The molecule has 0 spiro atoms. The number of para-hydroxylation sites is 1. The number of hydrogen-bond acceptors (Lipinski definition) is 4. The molecule has 2 aromatic carbocycles. The van der Waals surface area contributed by atoms with Gasteiger partial charge < -0.3 is 10.1 Å². The van der Waals surface area contributed by atoms with Crippen molar-refractivity contribution in [2.24, 2.45) is 5.14 Å². The van der Waals surface area contributed by atoms with Gasteiger partial charge in [-0.15, -0.1) is 0 Å². The highest BCUT2D eigenvalue weighted by Gasteiger charge is 2.12. The molecule has 0 aliphatic heterocycles. The lowest BCUT2D eigenvalue weighted by atomic mass is 10.1. The average molecular weight is 362 g/mol. The quantitative estimate of drug-likeness (QED) is 0.756. The Labute approximate surface area is 150 Å². The highest BCUT2D eigenvalue weighted by atomic mass is 32.2. The average Bonchev–Trinajstić information content (AvgIpc) is 2.54. The van der Waals surface area contributed by atoms with Gasteiger partial charge in [0, 0.05) is 6.04 Å². The third-order valence-corrected chi connectivity index (χ3v) is 5.10. The second kappa shape index (κ2) is 8.47. The molecule has 0 heterocycles. The number of rotatable bonds is 8. The summed E-state index contributed by atoms with van der Waals surface area (Å²) in [6.07, 6.45) is 0.720. The van der Waals surface area contributed by atoms with Crippen LogP contribution >= 0.6 is 0 Å². The van der Waals surface area contributed by atoms with Crippen LogP contribution in [0.5, 0.6) is 5.75 Å². The van der Waals surface area contributed by atoms with Crippen LogP contribution in [0.4, 0.5) is 0 Å². The fraction of sp³-hybridized carbons (Fsp3) is 0.368. The van der Waals surface area contributed by atoms with Crippen molar-refractivity contribution in [3.63, 3.8) is 0 Å². The maximum absolute atomic E-state index is 11.6. The van der Waals surface area contributed by atoms with E-state index < -0.39 is 10.0 Å². The molecular formula is C19H26N2O3S. The van der Waals surface area contributed by atoms with Crippen LogP contribution in [0.2, 0.25) is 0 Å². The fourth-order valence-electron chi connectivity index (χ4n) is 2.56. The molecule has 0 aliphatic rings. The van der Waals surface area contributed by atoms with Crippen LogP contribution in [0.25, 0.3) is 0 Å². The first kappa shape index (κ1) is 19.4. The number of nitrogens with two attached hydrogens (primary N) is 1. The molecule has 2 rings (SSSR count). The van der Waals surface area contributed by atoms with Crippen LogP contribution < -0.4 is 15.2 Å². The smallest absolute Gasteiger partial charge is 0.238 e. The molecule has 25 heavy (non-hydrogen) atoms. The lowest BCUT2D eigenvalue weighted by molar-refractivity contribution is 0.272. The van der Waals surface area contributed by atoms with E-state index >= 15 is 0 Å². The first-order chi connectivity index (χ1) is 11.8. The zero-order chi connectivity index (χ0) is 18.4. The van der Waals surface area contributed by atoms with Crippen LogP contribution in [0.15, 0.2) is 47.4 Å². The monoisotopic (exact) mass is 362 g/mol. The molecule has 5 nitrogen and oxygen atoms in total. The van der Waals surface area contributed by atoms with Gasteiger partial charge in [-0.3, -0.25) is 0 Å². The molecule has 0 amide bonds. The van der Waals surface area contributed by atoms with Crippen molar-refractivity contribution >= 4 is 10.0 Å². The molecule has 6 heteroatoms. The van der Waals surface area contributed by atoms with E-state index in [-0.39, 0.29) is 10.9 Å². The highest BCUT2D eigenvalue weighted by molar-refractivity contribution is 7.89. The second-order valence-corrected chi connectivity index (χ2v) is 7.86. The minimum absolute atomic E-state index is 0.183. The van der Waals surface area contributed by atoms with Crippen molar-refractivity contribution in [2.75, 3.05) is 13.2 Å². The minimum Gasteiger partial charge on any atom is -0.492 e. The second-order valence-electron chi connectivity index (χ2n) is 6.33. The lowest BCUT2D eigenvalue weighted by Crippen LogP contribution is -2.33. The highest BCUT2D eigenvalue weighted by Crippen LogP contribution is 2.17. The van der Waals surface area contributed by atoms with Crippen LogP contribution in [0.3, 0.4) is 0 Å². The van der Waals surface area contributed by atoms with Crippen molar-refractivity contribution in [1.29, 1.82) is 0 Å². The van der Waals surface area contributed by atoms with Gasteiger partial charge in [-0.2, -0.15) is 0 Å². The molecule has 2 aromatic rings. The summed E-state index contributed by atoms with van der Waals surface area (Å²) >= 11 is 0. The van der Waals surface area contributed by atoms with E-state index in [1.807, 2.05) is 37.3 Å². The van der Waals surface area contributed by atoms with E-state index in [0.717, 1.165) is 29.8 Å². The van der Waals surface area contributed by atoms with Crippen molar-refractivity contribution < 1.29 is 13.2 Å². The summed E-state index contributed by atoms with van der Waals surface area (Å²) in [4.78, 5) is 0.195. The summed E-state index contributed by atoms with van der Waals surface area (Å²) in [7, 11) is -3.68. The molecule has 0 saturated heterocycles. The Bertz CT molecular complexity index is 819. The van der Waals surface area contributed by atoms with Crippen molar-refractivity contribution in [1.82, 2.24) is 5.32 Å². The molecule has 136 valence electrons. The Kier molecular flexibility index (Phi) is 6.58. The molecule has 3 N–H and O–H groups in total. The van der Waals surface area contributed by atoms with Crippen molar-refractivity contribution in [3.8, 4) is 5.75 Å². The molecule has 1 atom stereocenters. The Morgan fingerprint density at radius 1 is 1.12 bits per heavy atom. The molecule has 0 bridgehead atoms. The first-order valence-electron chi connectivity index (χ1n) is 8.31. The van der Waals surface area contributed by atoms with Crippen LogP contribution in [-0.2, 0) is 16.4 Å². The van der Waals surface area contributed by atoms with Crippen LogP contribution in [0, 0.1) is 13.8 Å². The zero-order valence-electron chi connectivity index (χ0n) is 15.0. The van der Waals surface area contributed by atoms with Gasteiger partial charge in [0.25, 0.3) is 0 Å². The predicted molar refractivity (Wildman–Crippen MR) is 100 cm³/mol. The number of nitrogens with one attached hydrogen (secondary N) is 1. The number of sulfonamides is 1. The maximum atomic E-state index is 11.6. The number of ether oxygens (including phenoxy) is 1. The molecule has 0 saturated carbocycles. The summed E-state index contributed by atoms with van der Waals surface area (Å²) in [5.74, 6) is 0.896. The van der Waals surface area contributed by atoms with E-state index in [1.54, 1.807) is 19.1 Å². The summed E-state index contributed by atoms with van der Waals surface area (Å²) < 4.78 is 29.0. The van der Waals surface area contributed by atoms with Gasteiger partial charge >= 0.3 is 0 Å². The molecule has 0 radical (unpaired) electrons. The normalized spacial score (nSPS) is 12.8. The van der Waals surface area contributed by atoms with Gasteiger partial charge in [0.1, 0.15) is 12.4 Å². The van der Waals surface area contributed by atoms with Crippen LogP contribution in [-0.4, -0.2) is 27.6 Å². The standard InChI is InChI=1S/C19H26N2O3S/c1-14-6-4-5-7-18(14)24-13-16(3)21-11-10-17-9-8-15(2)19(12-17)25(20,22)23/h4-9,12,16,21H,10-11,13H2,1-3H3,(H2,20,22,23). The Balaban J connectivity index is 1.83. The van der Waals surface area contributed by atoms with E-state index in [1.165, 1.54) is 0 Å². The van der Waals surface area contributed by atoms with Crippen LogP contribution in [0.1, 0.15) is 23.6 Å². The van der Waals surface area contributed by atoms with Gasteiger partial charge in [-0.05, 0) is 62.6 Å². The lowest BCUT2D eigenvalue weighted by Gasteiger charge is -2.16. The van der Waals surface area contributed by atoms with Crippen molar-refractivity contribution in [3.05, 3.63) is 59.2 Å². The summed E-state index contributed by atoms with van der Waals surface area (Å²) in [5, 5.41) is 8.64. The Morgan fingerprint density at radius 2 is 1.84 bits per heavy atom. The van der Waals surface area contributed by atoms with Gasteiger partial charge in [-0.1, -0.05) is 30.3 Å². The summed E-state index contributed by atoms with van der Waals surface area (Å²) in [6, 6.07) is 13.5.